The van der Waals surface area contributed by atoms with Crippen LogP contribution >= 0.6 is 37.2 Å². The smallest absolute Gasteiger partial charge is 0.109 e. The number of rotatable bonds is 7. The number of benzene rings is 3. The van der Waals surface area contributed by atoms with Crippen molar-refractivity contribution < 1.29 is 5.48 Å². The lowest BCUT2D eigenvalue weighted by Crippen LogP contribution is -2.48. The summed E-state index contributed by atoms with van der Waals surface area (Å²) in [6.45, 7) is 8.64. The molecular weight excluding hydrogens is 515 g/mol. The molecule has 0 amide bonds. The summed E-state index contributed by atoms with van der Waals surface area (Å²) in [5.74, 6) is 1.19. The molecule has 0 bridgehead atoms. The van der Waals surface area contributed by atoms with Gasteiger partial charge in [0.25, 0.3) is 0 Å². The third-order valence-electron chi connectivity index (χ3n) is 6.69. The van der Waals surface area contributed by atoms with E-state index in [0.29, 0.717) is 6.04 Å². The van der Waals surface area contributed by atoms with Crippen molar-refractivity contribution in [1.29, 1.82) is 0 Å². The molecule has 0 atom stereocenters. The number of halogens is 3. The highest BCUT2D eigenvalue weighted by Crippen LogP contribution is 2.29. The van der Waals surface area contributed by atoms with Crippen LogP contribution in [0.2, 0.25) is 0 Å². The van der Waals surface area contributed by atoms with Crippen LogP contribution in [0.5, 0.6) is 0 Å². The van der Waals surface area contributed by atoms with Gasteiger partial charge in [0.2, 0.25) is 0 Å². The standard InChI is InChI=1S/C28H32N4.3ClH.H2O/c1-2-27-29-25-15-9-10-16-26(25)32(27)22-19-30-17-20-31(21-18-30)28(23-11-5-3-6-12-23)24-13-7-4-8-14-24;;;;/h3-16,28H,2,17-22H2,1H3;3*1H;1H2. The number of para-hydroxylation sites is 2. The first kappa shape index (κ1) is 31.9. The highest BCUT2D eigenvalue weighted by atomic mass is 35.5. The number of aryl methyl sites for hydroxylation is 1. The molecule has 3 aromatic carbocycles. The summed E-state index contributed by atoms with van der Waals surface area (Å²) in [7, 11) is 0. The van der Waals surface area contributed by atoms with E-state index in [2.05, 4.69) is 106 Å². The van der Waals surface area contributed by atoms with E-state index in [1.54, 1.807) is 0 Å². The average Bonchev–Trinajstić information content (AvgIpc) is 3.23. The number of piperazine rings is 1. The van der Waals surface area contributed by atoms with Crippen LogP contribution in [-0.2, 0) is 13.0 Å². The van der Waals surface area contributed by atoms with Gasteiger partial charge in [0.05, 0.1) is 17.1 Å². The van der Waals surface area contributed by atoms with Crippen LogP contribution in [0, 0.1) is 0 Å². The largest absolute Gasteiger partial charge is 0.412 e. The number of fused-ring (bicyclic) bond motifs is 1. The molecule has 5 nitrogen and oxygen atoms in total. The molecule has 2 heterocycles. The van der Waals surface area contributed by atoms with Crippen LogP contribution in [0.3, 0.4) is 0 Å². The van der Waals surface area contributed by atoms with Crippen LogP contribution in [-0.4, -0.2) is 57.6 Å². The van der Waals surface area contributed by atoms with Crippen molar-refractivity contribution >= 4 is 48.3 Å². The summed E-state index contributed by atoms with van der Waals surface area (Å²) in [6.07, 6.45) is 0.971. The van der Waals surface area contributed by atoms with Crippen molar-refractivity contribution in [2.75, 3.05) is 32.7 Å². The van der Waals surface area contributed by atoms with Gasteiger partial charge in [-0.2, -0.15) is 0 Å². The topological polar surface area (TPSA) is 55.8 Å². The van der Waals surface area contributed by atoms with Crippen molar-refractivity contribution in [2.45, 2.75) is 25.9 Å². The van der Waals surface area contributed by atoms with Crippen molar-refractivity contribution in [2.24, 2.45) is 0 Å². The highest BCUT2D eigenvalue weighted by molar-refractivity contribution is 5.86. The Morgan fingerprint density at radius 1 is 0.694 bits per heavy atom. The maximum Gasteiger partial charge on any atom is 0.109 e. The number of aromatic nitrogens is 2. The van der Waals surface area contributed by atoms with Gasteiger partial charge >= 0.3 is 0 Å². The summed E-state index contributed by atoms with van der Waals surface area (Å²) >= 11 is 0. The second kappa shape index (κ2) is 15.2. The average molecular weight is 552 g/mol. The SMILES string of the molecule is CCc1nc2ccccc2n1CCN1CCN(C(c2ccccc2)c2ccccc2)CC1.Cl.Cl.Cl.O. The van der Waals surface area contributed by atoms with Crippen LogP contribution in [0.15, 0.2) is 84.9 Å². The summed E-state index contributed by atoms with van der Waals surface area (Å²) in [5.41, 5.74) is 5.13. The van der Waals surface area contributed by atoms with E-state index in [1.807, 2.05) is 0 Å². The number of nitrogens with zero attached hydrogens (tertiary/aromatic N) is 4. The first-order valence-electron chi connectivity index (χ1n) is 11.8. The summed E-state index contributed by atoms with van der Waals surface area (Å²) in [4.78, 5) is 10.1. The quantitative estimate of drug-likeness (QED) is 0.307. The summed E-state index contributed by atoms with van der Waals surface area (Å²) < 4.78 is 2.42. The normalized spacial score (nSPS) is 13.8. The molecule has 8 heteroatoms. The Kier molecular flexibility index (Phi) is 13.5. The minimum absolute atomic E-state index is 0. The van der Waals surface area contributed by atoms with Crippen molar-refractivity contribution in [3.63, 3.8) is 0 Å². The van der Waals surface area contributed by atoms with Gasteiger partial charge in [0, 0.05) is 45.7 Å². The first-order valence-corrected chi connectivity index (χ1v) is 11.8. The Bertz CT molecular complexity index is 1110. The second-order valence-corrected chi connectivity index (χ2v) is 8.62. The fraction of sp³-hybridized carbons (Fsp3) is 0.321. The molecule has 0 unspecified atom stereocenters. The molecule has 1 saturated heterocycles. The van der Waals surface area contributed by atoms with Gasteiger partial charge in [0.1, 0.15) is 5.82 Å². The Morgan fingerprint density at radius 2 is 1.22 bits per heavy atom. The molecule has 1 aliphatic rings. The van der Waals surface area contributed by atoms with Gasteiger partial charge in [-0.1, -0.05) is 79.7 Å². The Labute approximate surface area is 233 Å². The molecule has 5 rings (SSSR count). The molecule has 4 aromatic rings. The molecule has 1 fully saturated rings. The maximum atomic E-state index is 4.83. The third-order valence-corrected chi connectivity index (χ3v) is 6.69. The molecule has 0 aliphatic carbocycles. The molecule has 1 aromatic heterocycles. The predicted molar refractivity (Wildman–Crippen MR) is 157 cm³/mol. The monoisotopic (exact) mass is 550 g/mol. The van der Waals surface area contributed by atoms with E-state index in [-0.39, 0.29) is 42.7 Å². The molecule has 0 spiro atoms. The summed E-state index contributed by atoms with van der Waals surface area (Å²) in [6, 6.07) is 30.7. The minimum Gasteiger partial charge on any atom is -0.412 e. The van der Waals surface area contributed by atoms with Gasteiger partial charge in [-0.15, -0.1) is 37.2 Å². The maximum absolute atomic E-state index is 4.83. The van der Waals surface area contributed by atoms with Crippen molar-refractivity contribution in [3.05, 3.63) is 102 Å². The third kappa shape index (κ3) is 7.00. The zero-order valence-corrected chi connectivity index (χ0v) is 23.1. The fourth-order valence-corrected chi connectivity index (χ4v) is 5.02. The zero-order chi connectivity index (χ0) is 21.8. The van der Waals surface area contributed by atoms with Crippen LogP contribution < -0.4 is 0 Å². The first-order chi connectivity index (χ1) is 15.8. The molecule has 2 N–H and O–H groups in total. The van der Waals surface area contributed by atoms with Crippen molar-refractivity contribution in [1.82, 2.24) is 19.4 Å². The van der Waals surface area contributed by atoms with Gasteiger partial charge in [-0.25, -0.2) is 4.98 Å². The van der Waals surface area contributed by atoms with E-state index < -0.39 is 0 Å². The molecular formula is C28H37Cl3N4O. The van der Waals surface area contributed by atoms with Crippen molar-refractivity contribution in [3.8, 4) is 0 Å². The zero-order valence-electron chi connectivity index (χ0n) is 20.6. The molecule has 0 saturated carbocycles. The van der Waals surface area contributed by atoms with Gasteiger partial charge in [-0.05, 0) is 23.3 Å². The lowest BCUT2D eigenvalue weighted by Gasteiger charge is -2.40. The van der Waals surface area contributed by atoms with E-state index in [9.17, 15) is 0 Å². The Hall–Kier alpha value is -2.12. The minimum atomic E-state index is 0. The second-order valence-electron chi connectivity index (χ2n) is 8.62. The molecule has 1 aliphatic heterocycles. The number of imidazole rings is 1. The van der Waals surface area contributed by atoms with Gasteiger partial charge in [-0.3, -0.25) is 9.80 Å². The van der Waals surface area contributed by atoms with E-state index in [4.69, 9.17) is 4.98 Å². The lowest BCUT2D eigenvalue weighted by atomic mass is 9.96. The predicted octanol–water partition coefficient (Wildman–Crippen LogP) is 5.45. The highest BCUT2D eigenvalue weighted by Gasteiger charge is 2.26. The van der Waals surface area contributed by atoms with Gasteiger partial charge in [0.15, 0.2) is 0 Å². The molecule has 196 valence electrons. The molecule has 0 radical (unpaired) electrons. The van der Waals surface area contributed by atoms with E-state index in [0.717, 1.165) is 51.2 Å². The lowest BCUT2D eigenvalue weighted by molar-refractivity contribution is 0.107. The number of hydrogen-bond acceptors (Lipinski definition) is 3. The Morgan fingerprint density at radius 3 is 1.78 bits per heavy atom. The Balaban J connectivity index is 0.00000162. The van der Waals surface area contributed by atoms with Crippen LogP contribution in [0.4, 0.5) is 0 Å². The van der Waals surface area contributed by atoms with Gasteiger partial charge < -0.3 is 10.0 Å². The number of hydrogen-bond donors (Lipinski definition) is 0. The molecule has 36 heavy (non-hydrogen) atoms. The summed E-state index contributed by atoms with van der Waals surface area (Å²) in [5, 5.41) is 0. The van der Waals surface area contributed by atoms with E-state index in [1.165, 1.54) is 22.5 Å². The van der Waals surface area contributed by atoms with Crippen LogP contribution in [0.1, 0.15) is 29.9 Å². The van der Waals surface area contributed by atoms with E-state index >= 15 is 0 Å². The fourth-order valence-electron chi connectivity index (χ4n) is 5.02. The van der Waals surface area contributed by atoms with Crippen LogP contribution in [0.25, 0.3) is 11.0 Å².